The van der Waals surface area contributed by atoms with Crippen LogP contribution in [0.4, 0.5) is 0 Å². The van der Waals surface area contributed by atoms with Crippen LogP contribution in [0.3, 0.4) is 0 Å². The van der Waals surface area contributed by atoms with Crippen LogP contribution in [0.25, 0.3) is 0 Å². The number of nitrogens with one attached hydrogen (secondary N) is 1. The van der Waals surface area contributed by atoms with Gasteiger partial charge < -0.3 is 19.3 Å². The lowest BCUT2D eigenvalue weighted by Gasteiger charge is -2.49. The highest BCUT2D eigenvalue weighted by atomic mass is 32.2. The average molecular weight is 514 g/mol. The van der Waals surface area contributed by atoms with Crippen molar-refractivity contribution in [3.63, 3.8) is 0 Å². The van der Waals surface area contributed by atoms with Gasteiger partial charge in [0.15, 0.2) is 0 Å². The Labute approximate surface area is 211 Å². The minimum absolute atomic E-state index is 0.0397. The fourth-order valence-electron chi connectivity index (χ4n) is 4.64. The van der Waals surface area contributed by atoms with E-state index >= 15 is 0 Å². The number of ether oxygens (including phenoxy) is 2. The third kappa shape index (κ3) is 5.24. The molecule has 1 unspecified atom stereocenters. The Morgan fingerprint density at radius 2 is 1.86 bits per heavy atom. The molecular weight excluding hydrogens is 482 g/mol. The minimum Gasteiger partial charge on any atom is -0.489 e. The zero-order chi connectivity index (χ0) is 26.1. The molecule has 192 valence electrons. The van der Waals surface area contributed by atoms with Crippen molar-refractivity contribution in [2.75, 3.05) is 33.9 Å². The highest BCUT2D eigenvalue weighted by molar-refractivity contribution is 7.89. The largest absolute Gasteiger partial charge is 0.489 e. The minimum atomic E-state index is -3.96. The van der Waals surface area contributed by atoms with Gasteiger partial charge in [-0.3, -0.25) is 9.59 Å². The summed E-state index contributed by atoms with van der Waals surface area (Å²) >= 11 is 0. The van der Waals surface area contributed by atoms with E-state index in [2.05, 4.69) is 41.8 Å². The lowest BCUT2D eigenvalue weighted by Crippen LogP contribution is -2.71. The average Bonchev–Trinajstić information content (AvgIpc) is 2.83. The molecule has 1 aromatic carbocycles. The van der Waals surface area contributed by atoms with Gasteiger partial charge in [0, 0.05) is 32.8 Å². The monoisotopic (exact) mass is 513 g/mol. The standard InChI is InChI=1S/C26H31N3O6S/c1-18-13-20(23-7-5-6-8-24(23)28(18)3)15-35-21-9-11-22(12-10-21)36(32,33)27-26(14-25(31)34-4)16-29(17-26)19(2)30/h5-13,24,27H,14-17H2,1-4H3. The van der Waals surface area contributed by atoms with Crippen molar-refractivity contribution < 1.29 is 27.5 Å². The molecule has 4 rings (SSSR count). The van der Waals surface area contributed by atoms with E-state index in [1.165, 1.54) is 36.6 Å². The summed E-state index contributed by atoms with van der Waals surface area (Å²) in [6.45, 7) is 4.00. The van der Waals surface area contributed by atoms with Gasteiger partial charge in [0.25, 0.3) is 0 Å². The van der Waals surface area contributed by atoms with Crippen LogP contribution in [-0.4, -0.2) is 75.5 Å². The van der Waals surface area contributed by atoms with Gasteiger partial charge in [0.2, 0.25) is 15.9 Å². The number of fused-ring (bicyclic) bond motifs is 1. The van der Waals surface area contributed by atoms with E-state index in [1.54, 1.807) is 12.1 Å². The van der Waals surface area contributed by atoms with Crippen molar-refractivity contribution in [3.05, 3.63) is 71.5 Å². The molecule has 36 heavy (non-hydrogen) atoms. The Bertz CT molecular complexity index is 1270. The van der Waals surface area contributed by atoms with Crippen LogP contribution in [-0.2, 0) is 24.3 Å². The summed E-state index contributed by atoms with van der Waals surface area (Å²) in [5, 5.41) is 0. The Balaban J connectivity index is 1.45. The highest BCUT2D eigenvalue weighted by Crippen LogP contribution is 2.31. The topological polar surface area (TPSA) is 105 Å². The van der Waals surface area contributed by atoms with E-state index < -0.39 is 21.5 Å². The molecule has 0 aromatic heterocycles. The smallest absolute Gasteiger partial charge is 0.307 e. The van der Waals surface area contributed by atoms with Crippen molar-refractivity contribution in [1.29, 1.82) is 0 Å². The molecule has 1 N–H and O–H groups in total. The van der Waals surface area contributed by atoms with Gasteiger partial charge in [-0.05, 0) is 48.4 Å². The second-order valence-electron chi connectivity index (χ2n) is 9.34. The summed E-state index contributed by atoms with van der Waals surface area (Å²) in [6, 6.07) is 6.30. The lowest BCUT2D eigenvalue weighted by atomic mass is 9.87. The SMILES string of the molecule is COC(=O)CC1(NS(=O)(=O)c2ccc(OCC3=C4C=CC=CC4N(C)C(C)=C3)cc2)CN(C(C)=O)C1. The van der Waals surface area contributed by atoms with Crippen molar-refractivity contribution in [1.82, 2.24) is 14.5 Å². The van der Waals surface area contributed by atoms with E-state index in [0.29, 0.717) is 12.4 Å². The molecule has 2 aliphatic heterocycles. The first-order chi connectivity index (χ1) is 17.0. The molecule has 2 heterocycles. The predicted molar refractivity (Wildman–Crippen MR) is 134 cm³/mol. The van der Waals surface area contributed by atoms with Crippen molar-refractivity contribution >= 4 is 21.9 Å². The van der Waals surface area contributed by atoms with Crippen LogP contribution in [0.15, 0.2) is 76.4 Å². The maximum atomic E-state index is 13.1. The molecule has 1 amide bonds. The fourth-order valence-corrected chi connectivity index (χ4v) is 6.02. The van der Waals surface area contributed by atoms with Crippen LogP contribution >= 0.6 is 0 Å². The number of carbonyl (C=O) groups is 2. The van der Waals surface area contributed by atoms with E-state index in [9.17, 15) is 18.0 Å². The van der Waals surface area contributed by atoms with Gasteiger partial charge in [-0.25, -0.2) is 13.1 Å². The van der Waals surface area contributed by atoms with E-state index in [4.69, 9.17) is 9.47 Å². The second-order valence-corrected chi connectivity index (χ2v) is 11.0. The zero-order valence-electron chi connectivity index (χ0n) is 20.9. The van der Waals surface area contributed by atoms with Crippen molar-refractivity contribution in [2.24, 2.45) is 0 Å². The molecule has 1 atom stereocenters. The number of likely N-dealkylation sites (tertiary alicyclic amines) is 1. The third-order valence-corrected chi connectivity index (χ3v) is 8.34. The number of esters is 1. The number of benzene rings is 1. The number of carbonyl (C=O) groups excluding carboxylic acids is 2. The molecule has 10 heteroatoms. The summed E-state index contributed by atoms with van der Waals surface area (Å²) in [5.41, 5.74) is 2.27. The molecule has 1 aliphatic carbocycles. The maximum absolute atomic E-state index is 13.1. The molecule has 1 saturated heterocycles. The van der Waals surface area contributed by atoms with Gasteiger partial charge in [0.05, 0.1) is 30.0 Å². The second kappa shape index (κ2) is 9.94. The van der Waals surface area contributed by atoms with Crippen LogP contribution in [0.2, 0.25) is 0 Å². The number of likely N-dealkylation sites (N-methyl/N-ethyl adjacent to an activating group) is 1. The van der Waals surface area contributed by atoms with Crippen molar-refractivity contribution in [2.45, 2.75) is 36.7 Å². The molecule has 0 spiro atoms. The number of rotatable bonds is 8. The molecule has 0 radical (unpaired) electrons. The van der Waals surface area contributed by atoms with Crippen LogP contribution in [0.1, 0.15) is 20.3 Å². The summed E-state index contributed by atoms with van der Waals surface area (Å²) in [7, 11) is -0.657. The fraction of sp³-hybridized carbons (Fsp3) is 0.385. The Morgan fingerprint density at radius 3 is 2.50 bits per heavy atom. The first-order valence-electron chi connectivity index (χ1n) is 11.6. The van der Waals surface area contributed by atoms with E-state index in [1.807, 2.05) is 12.2 Å². The molecule has 9 nitrogen and oxygen atoms in total. The quantitative estimate of drug-likeness (QED) is 0.531. The van der Waals surface area contributed by atoms with Gasteiger partial charge in [-0.2, -0.15) is 0 Å². The predicted octanol–water partition coefficient (Wildman–Crippen LogP) is 2.15. The Kier molecular flexibility index (Phi) is 7.10. The Hall–Kier alpha value is -3.37. The molecule has 1 aromatic rings. The summed E-state index contributed by atoms with van der Waals surface area (Å²) in [6.07, 6.45) is 10.2. The summed E-state index contributed by atoms with van der Waals surface area (Å²) < 4.78 is 39.5. The van der Waals surface area contributed by atoms with Crippen LogP contribution < -0.4 is 9.46 Å². The number of sulfonamides is 1. The summed E-state index contributed by atoms with van der Waals surface area (Å²) in [5.74, 6) is -0.203. The molecule has 0 saturated carbocycles. The van der Waals surface area contributed by atoms with Gasteiger partial charge in [-0.1, -0.05) is 24.3 Å². The van der Waals surface area contributed by atoms with Gasteiger partial charge in [-0.15, -0.1) is 0 Å². The molecule has 1 fully saturated rings. The highest BCUT2D eigenvalue weighted by Gasteiger charge is 2.48. The van der Waals surface area contributed by atoms with Gasteiger partial charge in [0.1, 0.15) is 12.4 Å². The molecule has 3 aliphatic rings. The first-order valence-corrected chi connectivity index (χ1v) is 13.1. The van der Waals surface area contributed by atoms with Crippen LogP contribution in [0.5, 0.6) is 5.75 Å². The number of amides is 1. The molecule has 0 bridgehead atoms. The number of hydrogen-bond acceptors (Lipinski definition) is 7. The van der Waals surface area contributed by atoms with Gasteiger partial charge >= 0.3 is 5.97 Å². The molecular formula is C26H31N3O6S. The number of allylic oxidation sites excluding steroid dienone is 3. The lowest BCUT2D eigenvalue weighted by molar-refractivity contribution is -0.148. The zero-order valence-corrected chi connectivity index (χ0v) is 21.7. The maximum Gasteiger partial charge on any atom is 0.307 e. The number of nitrogens with zero attached hydrogens (tertiary/aromatic N) is 2. The van der Waals surface area contributed by atoms with E-state index in [0.717, 1.165) is 11.3 Å². The summed E-state index contributed by atoms with van der Waals surface area (Å²) in [4.78, 5) is 27.2. The Morgan fingerprint density at radius 1 is 1.17 bits per heavy atom. The van der Waals surface area contributed by atoms with E-state index in [-0.39, 0.29) is 36.4 Å². The van der Waals surface area contributed by atoms with Crippen LogP contribution in [0, 0.1) is 0 Å². The van der Waals surface area contributed by atoms with Crippen molar-refractivity contribution in [3.8, 4) is 5.75 Å². The normalized spacial score (nSPS) is 20.4. The number of methoxy groups -OCH3 is 1. The first kappa shape index (κ1) is 25.7. The third-order valence-electron chi connectivity index (χ3n) is 6.75. The number of hydrogen-bond donors (Lipinski definition) is 1.